The molecule has 0 aromatic heterocycles. The van der Waals surface area contributed by atoms with E-state index in [9.17, 15) is 4.79 Å². The van der Waals surface area contributed by atoms with Gasteiger partial charge in [-0.3, -0.25) is 4.79 Å². The predicted octanol–water partition coefficient (Wildman–Crippen LogP) is -0.0259. The normalized spacial score (nSPS) is 15.4. The van der Waals surface area contributed by atoms with Crippen molar-refractivity contribution in [2.24, 2.45) is 0 Å². The monoisotopic (exact) mass is 341 g/mol. The molecule has 2 aromatic rings. The summed E-state index contributed by atoms with van der Waals surface area (Å²) >= 11 is 0. The Hall–Kier alpha value is -1.90. The molecule has 0 amide bonds. The van der Waals surface area contributed by atoms with Crippen LogP contribution in [-0.2, 0) is 4.79 Å². The number of carbonyl (C=O) groups is 1. The summed E-state index contributed by atoms with van der Waals surface area (Å²) in [5, 5.41) is 0. The number of nitrogens with one attached hydrogen (secondary N) is 1. The highest BCUT2D eigenvalue weighted by Crippen LogP contribution is 2.25. The summed E-state index contributed by atoms with van der Waals surface area (Å²) in [4.78, 5) is 14.3. The molecule has 0 unspecified atom stereocenters. The molecular formula is C21H24ClNO. The van der Waals surface area contributed by atoms with E-state index in [0.717, 1.165) is 24.2 Å². The van der Waals surface area contributed by atoms with Gasteiger partial charge >= 0.3 is 0 Å². The number of likely N-dealkylation sites (tertiary alicyclic amines) is 1. The fourth-order valence-corrected chi connectivity index (χ4v) is 3.28. The van der Waals surface area contributed by atoms with Crippen molar-refractivity contribution >= 4 is 5.78 Å². The minimum absolute atomic E-state index is 0. The predicted molar refractivity (Wildman–Crippen MR) is 93.4 cm³/mol. The first kappa shape index (κ1) is 18.4. The van der Waals surface area contributed by atoms with Gasteiger partial charge in [0.05, 0.1) is 25.2 Å². The van der Waals surface area contributed by atoms with Gasteiger partial charge in [-0.25, -0.2) is 0 Å². The zero-order valence-electron chi connectivity index (χ0n) is 13.8. The Bertz CT molecular complexity index is 609. The highest BCUT2D eigenvalue weighted by atomic mass is 35.5. The van der Waals surface area contributed by atoms with Crippen molar-refractivity contribution in [1.29, 1.82) is 0 Å². The van der Waals surface area contributed by atoms with Crippen molar-refractivity contribution in [1.82, 2.24) is 0 Å². The van der Waals surface area contributed by atoms with E-state index in [-0.39, 0.29) is 24.1 Å². The smallest absolute Gasteiger partial charge is 0.172 e. The lowest BCUT2D eigenvalue weighted by atomic mass is 9.87. The van der Waals surface area contributed by atoms with E-state index in [1.807, 2.05) is 60.7 Å². The van der Waals surface area contributed by atoms with Crippen LogP contribution in [0.1, 0.15) is 36.3 Å². The minimum atomic E-state index is -0.210. The number of benzene rings is 2. The quantitative estimate of drug-likeness (QED) is 0.758. The van der Waals surface area contributed by atoms with Crippen molar-refractivity contribution in [2.75, 3.05) is 13.1 Å². The van der Waals surface area contributed by atoms with Crippen LogP contribution in [0.15, 0.2) is 72.9 Å². The van der Waals surface area contributed by atoms with Gasteiger partial charge in [0.25, 0.3) is 0 Å². The summed E-state index contributed by atoms with van der Waals surface area (Å²) < 4.78 is 0. The van der Waals surface area contributed by atoms with Gasteiger partial charge in [0, 0.05) is 6.08 Å². The molecule has 1 heterocycles. The van der Waals surface area contributed by atoms with Crippen LogP contribution < -0.4 is 17.3 Å². The third kappa shape index (κ3) is 4.80. The van der Waals surface area contributed by atoms with E-state index in [1.165, 1.54) is 24.2 Å². The Kier molecular flexibility index (Phi) is 7.23. The second kappa shape index (κ2) is 9.41. The maximum Gasteiger partial charge on any atom is 0.172 e. The molecule has 3 heteroatoms. The molecule has 2 aromatic carbocycles. The van der Waals surface area contributed by atoms with Crippen LogP contribution in [0.3, 0.4) is 0 Å². The standard InChI is InChI=1S/C21H23NO.ClH/c23-20(14-17-22-15-8-3-9-16-22)21(18-10-4-1-5-11-18)19-12-6-2-7-13-19;/h1-2,4-7,10-14,17,21H,3,8-9,15-16H2;1H/b17-14+;. The van der Waals surface area contributed by atoms with E-state index in [0.29, 0.717) is 0 Å². The van der Waals surface area contributed by atoms with Crippen LogP contribution in [-0.4, -0.2) is 18.9 Å². The van der Waals surface area contributed by atoms with Gasteiger partial charge in [0.1, 0.15) is 0 Å². The first-order chi connectivity index (χ1) is 11.3. The second-order valence-corrected chi connectivity index (χ2v) is 6.21. The topological polar surface area (TPSA) is 21.5 Å². The molecule has 0 saturated carbocycles. The van der Waals surface area contributed by atoms with Crippen molar-refractivity contribution in [2.45, 2.75) is 25.2 Å². The van der Waals surface area contributed by atoms with Crippen molar-refractivity contribution < 1.29 is 22.1 Å². The van der Waals surface area contributed by atoms with Gasteiger partial charge in [-0.05, 0) is 30.4 Å². The first-order valence-corrected chi connectivity index (χ1v) is 8.51. The molecule has 3 rings (SSSR count). The summed E-state index contributed by atoms with van der Waals surface area (Å²) in [5.41, 5.74) is 2.11. The molecule has 1 aliphatic rings. The number of ketones is 1. The summed E-state index contributed by atoms with van der Waals surface area (Å²) in [6, 6.07) is 20.1. The van der Waals surface area contributed by atoms with Crippen LogP contribution in [0.25, 0.3) is 0 Å². The number of piperidine rings is 1. The second-order valence-electron chi connectivity index (χ2n) is 6.21. The Morgan fingerprint density at radius 3 is 1.83 bits per heavy atom. The molecule has 1 N–H and O–H groups in total. The summed E-state index contributed by atoms with van der Waals surface area (Å²) in [5.74, 6) is -0.0432. The van der Waals surface area contributed by atoms with Crippen LogP contribution in [0.2, 0.25) is 0 Å². The fraction of sp³-hybridized carbons (Fsp3) is 0.286. The largest absolute Gasteiger partial charge is 1.00 e. The summed E-state index contributed by atoms with van der Waals surface area (Å²) in [7, 11) is 0. The van der Waals surface area contributed by atoms with Gasteiger partial charge in [0.15, 0.2) is 5.78 Å². The van der Waals surface area contributed by atoms with Crippen molar-refractivity contribution in [3.05, 3.63) is 84.1 Å². The van der Waals surface area contributed by atoms with Gasteiger partial charge in [0.2, 0.25) is 0 Å². The summed E-state index contributed by atoms with van der Waals surface area (Å²) in [6.45, 7) is 2.29. The average Bonchev–Trinajstić information content (AvgIpc) is 2.63. The Balaban J connectivity index is 0.00000208. The molecule has 0 atom stereocenters. The lowest BCUT2D eigenvalue weighted by molar-refractivity contribution is -0.852. The molecule has 24 heavy (non-hydrogen) atoms. The number of allylic oxidation sites excluding steroid dienone is 1. The van der Waals surface area contributed by atoms with Crippen LogP contribution >= 0.6 is 0 Å². The van der Waals surface area contributed by atoms with Crippen molar-refractivity contribution in [3.63, 3.8) is 0 Å². The Morgan fingerprint density at radius 1 is 0.833 bits per heavy atom. The third-order valence-corrected chi connectivity index (χ3v) is 4.53. The lowest BCUT2D eigenvalue weighted by Crippen LogP contribution is -3.08. The van der Waals surface area contributed by atoms with Crippen LogP contribution in [0, 0.1) is 0 Å². The van der Waals surface area contributed by atoms with Crippen LogP contribution in [0.4, 0.5) is 0 Å². The van der Waals surface area contributed by atoms with E-state index >= 15 is 0 Å². The van der Waals surface area contributed by atoms with Gasteiger partial charge in [-0.1, -0.05) is 60.7 Å². The molecule has 1 fully saturated rings. The zero-order chi connectivity index (χ0) is 15.9. The maximum absolute atomic E-state index is 12.9. The van der Waals surface area contributed by atoms with Gasteiger partial charge < -0.3 is 17.3 Å². The molecule has 1 aliphatic heterocycles. The molecule has 1 saturated heterocycles. The molecule has 126 valence electrons. The van der Waals surface area contributed by atoms with Gasteiger partial charge in [-0.15, -0.1) is 0 Å². The molecule has 0 aliphatic carbocycles. The molecular weight excluding hydrogens is 318 g/mol. The molecule has 0 spiro atoms. The Labute approximate surface area is 150 Å². The third-order valence-electron chi connectivity index (χ3n) is 4.53. The maximum atomic E-state index is 12.9. The van der Waals surface area contributed by atoms with E-state index in [4.69, 9.17) is 0 Å². The number of quaternary nitrogens is 1. The number of hydrogen-bond acceptors (Lipinski definition) is 1. The van der Waals surface area contributed by atoms with Gasteiger partial charge in [-0.2, -0.15) is 0 Å². The highest BCUT2D eigenvalue weighted by molar-refractivity contribution is 5.97. The molecule has 2 nitrogen and oxygen atoms in total. The van der Waals surface area contributed by atoms with E-state index < -0.39 is 0 Å². The van der Waals surface area contributed by atoms with Crippen LogP contribution in [0.5, 0.6) is 0 Å². The number of rotatable bonds is 5. The highest BCUT2D eigenvalue weighted by Gasteiger charge is 2.21. The fourth-order valence-electron chi connectivity index (χ4n) is 3.28. The van der Waals surface area contributed by atoms with Crippen molar-refractivity contribution in [3.8, 4) is 0 Å². The average molecular weight is 342 g/mol. The number of hydrogen-bond donors (Lipinski definition) is 1. The molecule has 0 bridgehead atoms. The SMILES string of the molecule is O=C(/C=C/[NH+]1CCCCC1)C(c1ccccc1)c1ccccc1.[Cl-]. The first-order valence-electron chi connectivity index (χ1n) is 8.51. The number of halogens is 1. The van der Waals surface area contributed by atoms with E-state index in [2.05, 4.69) is 6.20 Å². The van der Waals surface area contributed by atoms with E-state index in [1.54, 1.807) is 6.08 Å². The molecule has 0 radical (unpaired) electrons. The minimum Gasteiger partial charge on any atom is -1.00 e. The number of carbonyl (C=O) groups excluding carboxylic acids is 1. The summed E-state index contributed by atoms with van der Waals surface area (Å²) in [6.07, 6.45) is 7.71. The zero-order valence-corrected chi connectivity index (χ0v) is 14.6. The lowest BCUT2D eigenvalue weighted by Gasteiger charge is -2.20. The Morgan fingerprint density at radius 2 is 1.33 bits per heavy atom.